The largest absolute Gasteiger partial charge is 0.477 e. The molecule has 0 unspecified atom stereocenters. The van der Waals surface area contributed by atoms with Crippen LogP contribution in [0.25, 0.3) is 11.3 Å². The highest BCUT2D eigenvalue weighted by atomic mass is 35.5. The molecule has 1 fully saturated rings. The molecule has 2 aromatic rings. The number of halogens is 1. The molecule has 0 bridgehead atoms. The molecular formula is C17H16ClNO2. The number of pyridine rings is 1. The lowest BCUT2D eigenvalue weighted by molar-refractivity contribution is 0.0688. The maximum Gasteiger partial charge on any atom is 0.354 e. The smallest absolute Gasteiger partial charge is 0.354 e. The van der Waals surface area contributed by atoms with Crippen molar-refractivity contribution in [1.29, 1.82) is 0 Å². The van der Waals surface area contributed by atoms with E-state index in [2.05, 4.69) is 4.98 Å². The number of carboxylic acid groups (broad SMARTS) is 1. The predicted molar refractivity (Wildman–Crippen MR) is 82.9 cm³/mol. The summed E-state index contributed by atoms with van der Waals surface area (Å²) in [6, 6.07) is 11.1. The predicted octanol–water partition coefficient (Wildman–Crippen LogP) is 4.76. The van der Waals surface area contributed by atoms with Crippen LogP contribution in [0.2, 0.25) is 5.02 Å². The summed E-state index contributed by atoms with van der Waals surface area (Å²) in [4.78, 5) is 15.9. The Balaban J connectivity index is 2.04. The quantitative estimate of drug-likeness (QED) is 0.889. The van der Waals surface area contributed by atoms with Crippen LogP contribution in [0.4, 0.5) is 0 Å². The van der Waals surface area contributed by atoms with Crippen LogP contribution in [0, 0.1) is 0 Å². The van der Waals surface area contributed by atoms with Crippen LogP contribution in [0.5, 0.6) is 0 Å². The van der Waals surface area contributed by atoms with Gasteiger partial charge in [-0.1, -0.05) is 42.6 Å². The summed E-state index contributed by atoms with van der Waals surface area (Å²) in [5, 5.41) is 10.1. The van der Waals surface area contributed by atoms with Gasteiger partial charge < -0.3 is 5.11 Å². The third-order valence-electron chi connectivity index (χ3n) is 4.04. The van der Waals surface area contributed by atoms with E-state index in [4.69, 9.17) is 11.6 Å². The van der Waals surface area contributed by atoms with Gasteiger partial charge in [0.2, 0.25) is 0 Å². The molecule has 1 aromatic heterocycles. The van der Waals surface area contributed by atoms with E-state index in [-0.39, 0.29) is 5.69 Å². The van der Waals surface area contributed by atoms with E-state index in [1.54, 1.807) is 12.1 Å². The molecular weight excluding hydrogens is 286 g/mol. The Bertz CT molecular complexity index is 678. The third kappa shape index (κ3) is 2.93. The van der Waals surface area contributed by atoms with Crippen LogP contribution in [-0.2, 0) is 0 Å². The summed E-state index contributed by atoms with van der Waals surface area (Å²) in [5.41, 5.74) is 2.53. The van der Waals surface area contributed by atoms with Crippen LogP contribution in [0.15, 0.2) is 36.4 Å². The first-order valence-corrected chi connectivity index (χ1v) is 7.53. The first-order chi connectivity index (χ1) is 10.1. The highest BCUT2D eigenvalue weighted by Crippen LogP contribution is 2.36. The number of hydrogen-bond donors (Lipinski definition) is 1. The van der Waals surface area contributed by atoms with Gasteiger partial charge in [-0.3, -0.25) is 0 Å². The highest BCUT2D eigenvalue weighted by molar-refractivity contribution is 6.30. The molecule has 0 amide bonds. The maximum absolute atomic E-state index is 11.5. The highest BCUT2D eigenvalue weighted by Gasteiger charge is 2.24. The second kappa shape index (κ2) is 5.86. The van der Waals surface area contributed by atoms with Crippen LogP contribution < -0.4 is 0 Å². The minimum Gasteiger partial charge on any atom is -0.477 e. The van der Waals surface area contributed by atoms with E-state index in [1.165, 1.54) is 12.8 Å². The number of aromatic nitrogens is 1. The Morgan fingerprint density at radius 2 is 1.95 bits per heavy atom. The van der Waals surface area contributed by atoms with Crippen molar-refractivity contribution in [1.82, 2.24) is 4.98 Å². The summed E-state index contributed by atoms with van der Waals surface area (Å²) in [6.45, 7) is 0. The molecule has 1 aliphatic carbocycles. The van der Waals surface area contributed by atoms with Crippen molar-refractivity contribution >= 4 is 17.6 Å². The fourth-order valence-corrected chi connectivity index (χ4v) is 3.21. The normalized spacial score (nSPS) is 15.3. The van der Waals surface area contributed by atoms with Gasteiger partial charge in [-0.15, -0.1) is 0 Å². The summed E-state index contributed by atoms with van der Waals surface area (Å²) in [6.07, 6.45) is 4.44. The first-order valence-electron chi connectivity index (χ1n) is 7.15. The zero-order chi connectivity index (χ0) is 14.8. The lowest BCUT2D eigenvalue weighted by Crippen LogP contribution is -2.09. The Labute approximate surface area is 128 Å². The van der Waals surface area contributed by atoms with E-state index >= 15 is 0 Å². The van der Waals surface area contributed by atoms with Gasteiger partial charge in [0, 0.05) is 10.6 Å². The van der Waals surface area contributed by atoms with Gasteiger partial charge in [0.1, 0.15) is 0 Å². The summed E-state index contributed by atoms with van der Waals surface area (Å²) < 4.78 is 0. The van der Waals surface area contributed by atoms with Gasteiger partial charge in [-0.25, -0.2) is 9.78 Å². The molecule has 0 radical (unpaired) electrons. The summed E-state index contributed by atoms with van der Waals surface area (Å²) >= 11 is 5.99. The second-order valence-electron chi connectivity index (χ2n) is 5.43. The SMILES string of the molecule is O=C(O)c1nc(-c2cccc(Cl)c2)ccc1C1CCCC1. The fraction of sp³-hybridized carbons (Fsp3) is 0.294. The van der Waals surface area contributed by atoms with E-state index < -0.39 is 5.97 Å². The fourth-order valence-electron chi connectivity index (χ4n) is 3.02. The molecule has 0 atom stereocenters. The number of nitrogens with zero attached hydrogens (tertiary/aromatic N) is 1. The molecule has 4 heteroatoms. The van der Waals surface area contributed by atoms with Crippen LogP contribution >= 0.6 is 11.6 Å². The van der Waals surface area contributed by atoms with E-state index in [1.807, 2.05) is 24.3 Å². The summed E-state index contributed by atoms with van der Waals surface area (Å²) in [5.74, 6) is -0.627. The standard InChI is InChI=1S/C17H16ClNO2/c18-13-7-3-6-12(10-13)15-9-8-14(11-4-1-2-5-11)16(19-15)17(20)21/h3,6-11H,1-2,4-5H2,(H,20,21). The molecule has 0 aliphatic heterocycles. The molecule has 0 saturated heterocycles. The molecule has 1 N–H and O–H groups in total. The minimum atomic E-state index is -0.958. The van der Waals surface area contributed by atoms with Crippen molar-refractivity contribution in [3.05, 3.63) is 52.7 Å². The van der Waals surface area contributed by atoms with Gasteiger partial charge in [-0.05, 0) is 42.5 Å². The second-order valence-corrected chi connectivity index (χ2v) is 5.87. The molecule has 3 rings (SSSR count). The zero-order valence-electron chi connectivity index (χ0n) is 11.6. The molecule has 21 heavy (non-hydrogen) atoms. The van der Waals surface area contributed by atoms with Crippen molar-refractivity contribution in [2.75, 3.05) is 0 Å². The Hall–Kier alpha value is -1.87. The zero-order valence-corrected chi connectivity index (χ0v) is 12.3. The lowest BCUT2D eigenvalue weighted by atomic mass is 9.95. The van der Waals surface area contributed by atoms with Gasteiger partial charge in [0.25, 0.3) is 0 Å². The Morgan fingerprint density at radius 3 is 2.62 bits per heavy atom. The lowest BCUT2D eigenvalue weighted by Gasteiger charge is -2.13. The van der Waals surface area contributed by atoms with Crippen LogP contribution in [0.3, 0.4) is 0 Å². The van der Waals surface area contributed by atoms with E-state index in [0.717, 1.165) is 24.0 Å². The van der Waals surface area contributed by atoms with Gasteiger partial charge in [-0.2, -0.15) is 0 Å². The first kappa shape index (κ1) is 14.1. The molecule has 1 aliphatic rings. The van der Waals surface area contributed by atoms with Gasteiger partial charge >= 0.3 is 5.97 Å². The van der Waals surface area contributed by atoms with Gasteiger partial charge in [0.05, 0.1) is 5.69 Å². The van der Waals surface area contributed by atoms with Crippen molar-refractivity contribution in [2.45, 2.75) is 31.6 Å². The topological polar surface area (TPSA) is 50.2 Å². The number of benzene rings is 1. The molecule has 1 heterocycles. The van der Waals surface area contributed by atoms with Crippen molar-refractivity contribution in [2.24, 2.45) is 0 Å². The number of carboxylic acids is 1. The Morgan fingerprint density at radius 1 is 1.19 bits per heavy atom. The van der Waals surface area contributed by atoms with Crippen molar-refractivity contribution in [3.8, 4) is 11.3 Å². The average molecular weight is 302 g/mol. The number of hydrogen-bond acceptors (Lipinski definition) is 2. The summed E-state index contributed by atoms with van der Waals surface area (Å²) in [7, 11) is 0. The van der Waals surface area contributed by atoms with Gasteiger partial charge in [0.15, 0.2) is 5.69 Å². The molecule has 3 nitrogen and oxygen atoms in total. The maximum atomic E-state index is 11.5. The monoisotopic (exact) mass is 301 g/mol. The number of carbonyl (C=O) groups is 1. The van der Waals surface area contributed by atoms with Crippen LogP contribution in [0.1, 0.15) is 47.7 Å². The molecule has 108 valence electrons. The van der Waals surface area contributed by atoms with Crippen molar-refractivity contribution in [3.63, 3.8) is 0 Å². The third-order valence-corrected chi connectivity index (χ3v) is 4.28. The van der Waals surface area contributed by atoms with E-state index in [0.29, 0.717) is 16.6 Å². The minimum absolute atomic E-state index is 0.180. The number of aromatic carboxylic acids is 1. The Kier molecular flexibility index (Phi) is 3.93. The average Bonchev–Trinajstić information content (AvgIpc) is 3.00. The molecule has 1 saturated carbocycles. The molecule has 0 spiro atoms. The van der Waals surface area contributed by atoms with Crippen LogP contribution in [-0.4, -0.2) is 16.1 Å². The number of rotatable bonds is 3. The van der Waals surface area contributed by atoms with E-state index in [9.17, 15) is 9.90 Å². The molecule has 1 aromatic carbocycles. The van der Waals surface area contributed by atoms with Crippen molar-refractivity contribution < 1.29 is 9.90 Å².